The number of hydrogen-bond donors (Lipinski definition) is 1. The van der Waals surface area contributed by atoms with E-state index in [9.17, 15) is 10.1 Å². The first-order chi connectivity index (χ1) is 9.72. The molecule has 0 spiro atoms. The second-order valence-corrected chi connectivity index (χ2v) is 5.20. The van der Waals surface area contributed by atoms with Gasteiger partial charge in [0, 0.05) is 31.4 Å². The fourth-order valence-electron chi connectivity index (χ4n) is 2.67. The highest BCUT2D eigenvalue weighted by Crippen LogP contribution is 2.25. The molecule has 1 atom stereocenters. The molecule has 1 aromatic rings. The van der Waals surface area contributed by atoms with E-state index in [0.29, 0.717) is 11.9 Å². The molecule has 6 nitrogen and oxygen atoms in total. The highest BCUT2D eigenvalue weighted by molar-refractivity contribution is 5.57. The first kappa shape index (κ1) is 14.7. The van der Waals surface area contributed by atoms with Crippen LogP contribution in [-0.2, 0) is 0 Å². The molecule has 2 heterocycles. The summed E-state index contributed by atoms with van der Waals surface area (Å²) < 4.78 is 0. The molecule has 1 fully saturated rings. The minimum atomic E-state index is -0.348. The highest BCUT2D eigenvalue weighted by Gasteiger charge is 2.23. The summed E-state index contributed by atoms with van der Waals surface area (Å²) in [6, 6.07) is 3.54. The maximum atomic E-state index is 11.1. The Morgan fingerprint density at radius 2 is 2.40 bits per heavy atom. The molecule has 1 aliphatic rings. The SMILES string of the molecule is CCCN(CC1CCCCN1)c1ncccc1[N+](=O)[O-]. The van der Waals surface area contributed by atoms with Gasteiger partial charge in [-0.1, -0.05) is 13.3 Å². The van der Waals surface area contributed by atoms with Gasteiger partial charge in [0.15, 0.2) is 0 Å². The van der Waals surface area contributed by atoms with Gasteiger partial charge >= 0.3 is 5.69 Å². The Morgan fingerprint density at radius 1 is 1.55 bits per heavy atom. The molecule has 0 saturated carbocycles. The van der Waals surface area contributed by atoms with Crippen LogP contribution in [0.25, 0.3) is 0 Å². The first-order valence-electron chi connectivity index (χ1n) is 7.30. The zero-order valence-electron chi connectivity index (χ0n) is 11.9. The molecule has 6 heteroatoms. The van der Waals surface area contributed by atoms with Gasteiger partial charge in [0.1, 0.15) is 0 Å². The van der Waals surface area contributed by atoms with E-state index in [-0.39, 0.29) is 10.6 Å². The lowest BCUT2D eigenvalue weighted by Gasteiger charge is -2.30. The Kier molecular flexibility index (Phi) is 5.29. The summed E-state index contributed by atoms with van der Waals surface area (Å²) in [6.07, 6.45) is 6.14. The lowest BCUT2D eigenvalue weighted by Crippen LogP contribution is -2.44. The Hall–Kier alpha value is -1.69. The number of nitrogens with one attached hydrogen (secondary N) is 1. The second-order valence-electron chi connectivity index (χ2n) is 5.20. The van der Waals surface area contributed by atoms with Crippen molar-refractivity contribution in [2.45, 2.75) is 38.6 Å². The van der Waals surface area contributed by atoms with Crippen molar-refractivity contribution in [2.75, 3.05) is 24.5 Å². The van der Waals surface area contributed by atoms with Gasteiger partial charge in [-0.2, -0.15) is 0 Å². The van der Waals surface area contributed by atoms with Gasteiger partial charge in [-0.3, -0.25) is 10.1 Å². The molecule has 0 radical (unpaired) electrons. The van der Waals surface area contributed by atoms with Crippen molar-refractivity contribution in [3.8, 4) is 0 Å². The standard InChI is InChI=1S/C14H22N4O2/c1-2-10-17(11-12-6-3-4-8-15-12)14-13(18(19)20)7-5-9-16-14/h5,7,9,12,15H,2-4,6,8,10-11H2,1H3. The molecule has 1 aromatic heterocycles. The number of nitro groups is 1. The summed E-state index contributed by atoms with van der Waals surface area (Å²) in [7, 11) is 0. The molecular formula is C14H22N4O2. The van der Waals surface area contributed by atoms with Crippen LogP contribution in [0.5, 0.6) is 0 Å². The summed E-state index contributed by atoms with van der Waals surface area (Å²) in [5, 5.41) is 14.6. The van der Waals surface area contributed by atoms with Gasteiger partial charge in [-0.25, -0.2) is 4.98 Å². The van der Waals surface area contributed by atoms with Crippen LogP contribution in [0.4, 0.5) is 11.5 Å². The molecule has 110 valence electrons. The van der Waals surface area contributed by atoms with Crippen molar-refractivity contribution in [3.63, 3.8) is 0 Å². The Labute approximate surface area is 119 Å². The largest absolute Gasteiger partial charge is 0.349 e. The van der Waals surface area contributed by atoms with Crippen LogP contribution in [-0.4, -0.2) is 35.6 Å². The van der Waals surface area contributed by atoms with E-state index in [2.05, 4.69) is 17.2 Å². The fraction of sp³-hybridized carbons (Fsp3) is 0.643. The number of pyridine rings is 1. The average molecular weight is 278 g/mol. The lowest BCUT2D eigenvalue weighted by molar-refractivity contribution is -0.384. The van der Waals surface area contributed by atoms with Gasteiger partial charge in [-0.15, -0.1) is 0 Å². The molecule has 1 unspecified atom stereocenters. The van der Waals surface area contributed by atoms with Crippen LogP contribution in [0, 0.1) is 10.1 Å². The van der Waals surface area contributed by atoms with E-state index < -0.39 is 0 Å². The van der Waals surface area contributed by atoms with Gasteiger partial charge in [0.25, 0.3) is 0 Å². The van der Waals surface area contributed by atoms with Crippen molar-refractivity contribution in [3.05, 3.63) is 28.4 Å². The van der Waals surface area contributed by atoms with E-state index in [1.807, 2.05) is 4.90 Å². The number of hydrogen-bond acceptors (Lipinski definition) is 5. The first-order valence-corrected chi connectivity index (χ1v) is 7.30. The van der Waals surface area contributed by atoms with Gasteiger partial charge in [0.2, 0.25) is 5.82 Å². The van der Waals surface area contributed by atoms with Crippen molar-refractivity contribution in [1.82, 2.24) is 10.3 Å². The number of anilines is 1. The zero-order valence-corrected chi connectivity index (χ0v) is 11.9. The van der Waals surface area contributed by atoms with Gasteiger partial charge in [0.05, 0.1) is 4.92 Å². The van der Waals surface area contributed by atoms with Crippen molar-refractivity contribution >= 4 is 11.5 Å². The fourth-order valence-corrected chi connectivity index (χ4v) is 2.67. The summed E-state index contributed by atoms with van der Waals surface area (Å²) in [4.78, 5) is 17.1. The zero-order chi connectivity index (χ0) is 14.4. The Morgan fingerprint density at radius 3 is 3.05 bits per heavy atom. The predicted molar refractivity (Wildman–Crippen MR) is 79.0 cm³/mol. The monoisotopic (exact) mass is 278 g/mol. The van der Waals surface area contributed by atoms with Crippen LogP contribution in [0.2, 0.25) is 0 Å². The van der Waals surface area contributed by atoms with Crippen molar-refractivity contribution < 1.29 is 4.92 Å². The Bertz CT molecular complexity index is 447. The van der Waals surface area contributed by atoms with Crippen molar-refractivity contribution in [1.29, 1.82) is 0 Å². The highest BCUT2D eigenvalue weighted by atomic mass is 16.6. The third-order valence-electron chi connectivity index (χ3n) is 3.61. The maximum absolute atomic E-state index is 11.1. The molecule has 2 rings (SSSR count). The molecule has 0 bridgehead atoms. The van der Waals surface area contributed by atoms with E-state index >= 15 is 0 Å². The van der Waals surface area contributed by atoms with Crippen molar-refractivity contribution in [2.24, 2.45) is 0 Å². The smallest absolute Gasteiger partial charge is 0.311 e. The second kappa shape index (κ2) is 7.19. The maximum Gasteiger partial charge on any atom is 0.311 e. The van der Waals surface area contributed by atoms with Crippen LogP contribution < -0.4 is 10.2 Å². The van der Waals surface area contributed by atoms with E-state index in [1.165, 1.54) is 18.9 Å². The average Bonchev–Trinajstić information content (AvgIpc) is 2.48. The predicted octanol–water partition coefficient (Wildman–Crippen LogP) is 2.35. The summed E-state index contributed by atoms with van der Waals surface area (Å²) in [6.45, 7) is 4.69. The number of rotatable bonds is 6. The van der Waals surface area contributed by atoms with Crippen LogP contribution in [0.1, 0.15) is 32.6 Å². The third kappa shape index (κ3) is 3.66. The molecular weight excluding hydrogens is 256 g/mol. The normalized spacial score (nSPS) is 18.8. The summed E-state index contributed by atoms with van der Waals surface area (Å²) in [5.41, 5.74) is 0.0942. The number of nitrogens with zero attached hydrogens (tertiary/aromatic N) is 3. The van der Waals surface area contributed by atoms with Gasteiger partial charge in [-0.05, 0) is 31.9 Å². The molecule has 1 N–H and O–H groups in total. The van der Waals surface area contributed by atoms with E-state index in [0.717, 1.165) is 32.5 Å². The lowest BCUT2D eigenvalue weighted by atomic mass is 10.0. The van der Waals surface area contributed by atoms with Crippen LogP contribution >= 0.6 is 0 Å². The topological polar surface area (TPSA) is 71.3 Å². The van der Waals surface area contributed by atoms with Gasteiger partial charge < -0.3 is 10.2 Å². The van der Waals surface area contributed by atoms with E-state index in [1.54, 1.807) is 12.3 Å². The third-order valence-corrected chi connectivity index (χ3v) is 3.61. The molecule has 0 amide bonds. The molecule has 0 aliphatic carbocycles. The van der Waals surface area contributed by atoms with Crippen LogP contribution in [0.15, 0.2) is 18.3 Å². The minimum Gasteiger partial charge on any atom is -0.349 e. The van der Waals surface area contributed by atoms with E-state index in [4.69, 9.17) is 0 Å². The summed E-state index contributed by atoms with van der Waals surface area (Å²) >= 11 is 0. The minimum absolute atomic E-state index is 0.0942. The number of aromatic nitrogens is 1. The molecule has 0 aromatic carbocycles. The van der Waals surface area contributed by atoms with Crippen LogP contribution in [0.3, 0.4) is 0 Å². The Balaban J connectivity index is 2.16. The quantitative estimate of drug-likeness (QED) is 0.639. The molecule has 1 saturated heterocycles. The number of piperidine rings is 1. The summed E-state index contributed by atoms with van der Waals surface area (Å²) in [5.74, 6) is 0.492. The molecule has 1 aliphatic heterocycles. The molecule has 20 heavy (non-hydrogen) atoms.